The van der Waals surface area contributed by atoms with Gasteiger partial charge in [0.15, 0.2) is 10.3 Å². The molecule has 0 aliphatic carbocycles. The molecule has 0 saturated heterocycles. The molecule has 0 amide bonds. The molecule has 1 heterocycles. The maximum absolute atomic E-state index is 9.49. The Morgan fingerprint density at radius 2 is 1.83 bits per heavy atom. The lowest BCUT2D eigenvalue weighted by Crippen LogP contribution is -2.09. The fraction of sp³-hybridized carbons (Fsp3) is 0.733. The van der Waals surface area contributed by atoms with E-state index in [0.29, 0.717) is 0 Å². The van der Waals surface area contributed by atoms with Gasteiger partial charge < -0.3 is 5.11 Å². The first-order chi connectivity index (χ1) is 8.41. The standard InChI is InChI=1S/C15H28NOS/c1-12(2)6-8-14-10-11-18(16(4)5)15(14)9-7-13(3)17/h10-13,17H,6-9H2,1-5H3/q+1. The van der Waals surface area contributed by atoms with Crippen LogP contribution in [0.25, 0.3) is 0 Å². The van der Waals surface area contributed by atoms with Crippen LogP contribution in [-0.2, 0) is 12.8 Å². The highest BCUT2D eigenvalue weighted by Crippen LogP contribution is 2.32. The third-order valence-electron chi connectivity index (χ3n) is 3.18. The molecule has 1 rings (SSSR count). The van der Waals surface area contributed by atoms with Crippen molar-refractivity contribution in [2.75, 3.05) is 18.4 Å². The smallest absolute Gasteiger partial charge is 0.175 e. The summed E-state index contributed by atoms with van der Waals surface area (Å²) in [5.74, 6) is 0.755. The van der Waals surface area contributed by atoms with E-state index in [4.69, 9.17) is 0 Å². The zero-order valence-corrected chi connectivity index (χ0v) is 13.3. The topological polar surface area (TPSA) is 23.5 Å². The molecule has 2 unspecified atom stereocenters. The van der Waals surface area contributed by atoms with Crippen molar-refractivity contribution in [3.05, 3.63) is 21.9 Å². The monoisotopic (exact) mass is 270 g/mol. The van der Waals surface area contributed by atoms with E-state index in [-0.39, 0.29) is 16.8 Å². The van der Waals surface area contributed by atoms with Crippen LogP contribution in [0.1, 0.15) is 44.1 Å². The van der Waals surface area contributed by atoms with Gasteiger partial charge in [-0.05, 0) is 32.1 Å². The number of rotatable bonds is 7. The van der Waals surface area contributed by atoms with Gasteiger partial charge in [0.1, 0.15) is 0 Å². The number of thiophene rings is 1. The van der Waals surface area contributed by atoms with Gasteiger partial charge in [-0.1, -0.05) is 13.8 Å². The molecule has 1 aromatic rings. The van der Waals surface area contributed by atoms with E-state index in [9.17, 15) is 5.11 Å². The van der Waals surface area contributed by atoms with E-state index in [2.05, 4.69) is 43.7 Å². The molecule has 0 bridgehead atoms. The van der Waals surface area contributed by atoms with Gasteiger partial charge in [-0.2, -0.15) is 0 Å². The molecule has 3 heteroatoms. The average molecular weight is 270 g/mol. The predicted octanol–water partition coefficient (Wildman–Crippen LogP) is 3.54. The lowest BCUT2D eigenvalue weighted by Gasteiger charge is -2.07. The third kappa shape index (κ3) is 4.71. The maximum atomic E-state index is 9.49. The molecule has 104 valence electrons. The van der Waals surface area contributed by atoms with E-state index in [1.165, 1.54) is 18.4 Å². The SMILES string of the molecule is CC(C)CCc1cc[s+](N(C)C)c1CCC(C)O. The van der Waals surface area contributed by atoms with Crippen LogP contribution in [0.15, 0.2) is 11.4 Å². The van der Waals surface area contributed by atoms with Crippen LogP contribution >= 0.6 is 10.7 Å². The Bertz CT molecular complexity index is 355. The molecule has 0 spiro atoms. The molecule has 2 atom stereocenters. The molecule has 2 nitrogen and oxygen atoms in total. The van der Waals surface area contributed by atoms with Gasteiger partial charge in [0.2, 0.25) is 0 Å². The van der Waals surface area contributed by atoms with Crippen LogP contribution in [-0.4, -0.2) is 25.3 Å². The summed E-state index contributed by atoms with van der Waals surface area (Å²) in [6, 6.07) is 2.31. The van der Waals surface area contributed by atoms with Gasteiger partial charge in [0, 0.05) is 32.1 Å². The lowest BCUT2D eigenvalue weighted by atomic mass is 10.0. The fourth-order valence-electron chi connectivity index (χ4n) is 2.07. The molecule has 1 aromatic heterocycles. The molecule has 1 N–H and O–H groups in total. The summed E-state index contributed by atoms with van der Waals surface area (Å²) in [6.45, 7) is 6.44. The van der Waals surface area contributed by atoms with Crippen LogP contribution in [0.3, 0.4) is 0 Å². The van der Waals surface area contributed by atoms with Crippen LogP contribution < -0.4 is 4.31 Å². The van der Waals surface area contributed by atoms with Gasteiger partial charge in [-0.15, -0.1) is 4.31 Å². The quantitative estimate of drug-likeness (QED) is 0.766. The first-order valence-electron chi connectivity index (χ1n) is 6.90. The predicted molar refractivity (Wildman–Crippen MR) is 82.1 cm³/mol. The Balaban J connectivity index is 2.81. The molecular weight excluding hydrogens is 242 g/mol. The number of nitrogens with zero attached hydrogens (tertiary/aromatic N) is 1. The highest BCUT2D eigenvalue weighted by Gasteiger charge is 2.22. The largest absolute Gasteiger partial charge is 0.393 e. The maximum Gasteiger partial charge on any atom is 0.175 e. The summed E-state index contributed by atoms with van der Waals surface area (Å²) in [6.07, 6.45) is 4.14. The molecule has 0 aliphatic heterocycles. The Hall–Kier alpha value is -0.380. The number of aryl methyl sites for hydroxylation is 1. The zero-order valence-electron chi connectivity index (χ0n) is 12.4. The van der Waals surface area contributed by atoms with Crippen molar-refractivity contribution in [3.63, 3.8) is 0 Å². The van der Waals surface area contributed by atoms with Crippen molar-refractivity contribution in [1.82, 2.24) is 0 Å². The number of aliphatic hydroxyl groups is 1. The van der Waals surface area contributed by atoms with E-state index >= 15 is 0 Å². The van der Waals surface area contributed by atoms with E-state index in [1.54, 1.807) is 4.88 Å². The summed E-state index contributed by atoms with van der Waals surface area (Å²) >= 11 is 0. The second kappa shape index (κ2) is 7.27. The van der Waals surface area contributed by atoms with E-state index < -0.39 is 0 Å². The van der Waals surface area contributed by atoms with E-state index in [0.717, 1.165) is 18.8 Å². The second-order valence-corrected chi connectivity index (χ2v) is 7.82. The van der Waals surface area contributed by atoms with Gasteiger partial charge in [-0.3, -0.25) is 0 Å². The van der Waals surface area contributed by atoms with E-state index in [1.807, 2.05) is 6.92 Å². The molecule has 0 radical (unpaired) electrons. The minimum Gasteiger partial charge on any atom is -0.393 e. The van der Waals surface area contributed by atoms with Crippen molar-refractivity contribution < 1.29 is 5.11 Å². The van der Waals surface area contributed by atoms with Gasteiger partial charge >= 0.3 is 0 Å². The van der Waals surface area contributed by atoms with Crippen molar-refractivity contribution in [2.24, 2.45) is 5.92 Å². The summed E-state index contributed by atoms with van der Waals surface area (Å²) in [5, 5.41) is 11.8. The zero-order chi connectivity index (χ0) is 13.7. The first-order valence-corrected chi connectivity index (χ1v) is 8.15. The number of hydrogen-bond donors (Lipinski definition) is 1. The van der Waals surface area contributed by atoms with Crippen molar-refractivity contribution in [3.8, 4) is 0 Å². The molecule has 0 saturated carbocycles. The highest BCUT2D eigenvalue weighted by molar-refractivity contribution is 7.32. The molecular formula is C15H28NOS+. The summed E-state index contributed by atoms with van der Waals surface area (Å²) in [4.78, 5) is 1.54. The summed E-state index contributed by atoms with van der Waals surface area (Å²) in [7, 11) is 4.42. The van der Waals surface area contributed by atoms with Crippen molar-refractivity contribution in [2.45, 2.75) is 52.6 Å². The van der Waals surface area contributed by atoms with Crippen LogP contribution in [0.2, 0.25) is 0 Å². The Morgan fingerprint density at radius 3 is 2.33 bits per heavy atom. The minimum absolute atomic E-state index is 0.143. The summed E-state index contributed by atoms with van der Waals surface area (Å²) < 4.78 is 2.29. The Morgan fingerprint density at radius 1 is 1.17 bits per heavy atom. The molecule has 0 fully saturated rings. The van der Waals surface area contributed by atoms with Gasteiger partial charge in [0.25, 0.3) is 0 Å². The summed E-state index contributed by atoms with van der Waals surface area (Å²) in [5.41, 5.74) is 1.52. The highest BCUT2D eigenvalue weighted by atomic mass is 32.2. The fourth-order valence-corrected chi connectivity index (χ4v) is 3.98. The molecule has 0 aliphatic rings. The van der Waals surface area contributed by atoms with Crippen molar-refractivity contribution in [1.29, 1.82) is 0 Å². The number of hydrogen-bond acceptors (Lipinski definition) is 2. The average Bonchev–Trinajstić information content (AvgIpc) is 2.66. The van der Waals surface area contributed by atoms with Crippen LogP contribution in [0.5, 0.6) is 0 Å². The third-order valence-corrected chi connectivity index (χ3v) is 5.33. The normalized spacial score (nSPS) is 14.6. The van der Waals surface area contributed by atoms with Gasteiger partial charge in [-0.25, -0.2) is 0 Å². The minimum atomic E-state index is -0.197. The van der Waals surface area contributed by atoms with Crippen LogP contribution in [0, 0.1) is 5.92 Å². The number of aliphatic hydroxyl groups excluding tert-OH is 1. The Kier molecular flexibility index (Phi) is 6.33. The van der Waals surface area contributed by atoms with Crippen molar-refractivity contribution >= 4 is 10.7 Å². The Labute approximate surface area is 115 Å². The molecule has 18 heavy (non-hydrogen) atoms. The van der Waals surface area contributed by atoms with Gasteiger partial charge in [0.05, 0.1) is 16.8 Å². The lowest BCUT2D eigenvalue weighted by molar-refractivity contribution is 0.185. The first kappa shape index (κ1) is 15.7. The molecule has 0 aromatic carbocycles. The second-order valence-electron chi connectivity index (χ2n) is 5.70. The van der Waals surface area contributed by atoms with Crippen LogP contribution in [0.4, 0.5) is 0 Å².